The molecule has 1 fully saturated rings. The van der Waals surface area contributed by atoms with Crippen molar-refractivity contribution in [3.8, 4) is 0 Å². The van der Waals surface area contributed by atoms with Crippen LogP contribution < -0.4 is 10.6 Å². The van der Waals surface area contributed by atoms with Gasteiger partial charge < -0.3 is 10.6 Å². The van der Waals surface area contributed by atoms with E-state index in [0.717, 1.165) is 30.0 Å². The van der Waals surface area contributed by atoms with E-state index in [1.54, 1.807) is 0 Å². The van der Waals surface area contributed by atoms with Crippen LogP contribution in [-0.2, 0) is 11.2 Å². The maximum atomic E-state index is 11.9. The smallest absolute Gasteiger partial charge is 0.237 e. The van der Waals surface area contributed by atoms with Crippen molar-refractivity contribution < 1.29 is 4.79 Å². The van der Waals surface area contributed by atoms with Gasteiger partial charge in [0.2, 0.25) is 5.91 Å². The van der Waals surface area contributed by atoms with Gasteiger partial charge in [0.25, 0.3) is 0 Å². The fourth-order valence-corrected chi connectivity index (χ4v) is 2.53. The van der Waals surface area contributed by atoms with Gasteiger partial charge in [-0.1, -0.05) is 30.7 Å². The van der Waals surface area contributed by atoms with Crippen molar-refractivity contribution in [1.29, 1.82) is 0 Å². The number of rotatable bonds is 4. The van der Waals surface area contributed by atoms with Gasteiger partial charge in [-0.25, -0.2) is 0 Å². The minimum absolute atomic E-state index is 0.0237. The first kappa shape index (κ1) is 13.4. The van der Waals surface area contributed by atoms with Crippen molar-refractivity contribution >= 4 is 17.5 Å². The SMILES string of the molecule is CC1CCNC1C(=O)NCCc1cccc(Cl)c1. The molecule has 2 N–H and O–H groups in total. The molecule has 1 aromatic rings. The maximum Gasteiger partial charge on any atom is 0.237 e. The van der Waals surface area contributed by atoms with Gasteiger partial charge in [-0.05, 0) is 43.0 Å². The quantitative estimate of drug-likeness (QED) is 0.875. The van der Waals surface area contributed by atoms with Crippen LogP contribution in [0.5, 0.6) is 0 Å². The number of hydrogen-bond acceptors (Lipinski definition) is 2. The van der Waals surface area contributed by atoms with Gasteiger partial charge in [0.1, 0.15) is 0 Å². The Kier molecular flexibility index (Phi) is 4.61. The van der Waals surface area contributed by atoms with Gasteiger partial charge >= 0.3 is 0 Å². The van der Waals surface area contributed by atoms with Crippen LogP contribution in [0.4, 0.5) is 0 Å². The largest absolute Gasteiger partial charge is 0.354 e. The molecule has 4 heteroatoms. The Balaban J connectivity index is 1.77. The van der Waals surface area contributed by atoms with Gasteiger partial charge in [0.05, 0.1) is 6.04 Å². The zero-order valence-electron chi connectivity index (χ0n) is 10.6. The van der Waals surface area contributed by atoms with Crippen LogP contribution in [-0.4, -0.2) is 25.0 Å². The monoisotopic (exact) mass is 266 g/mol. The molecule has 18 heavy (non-hydrogen) atoms. The molecule has 3 nitrogen and oxygen atoms in total. The van der Waals surface area contributed by atoms with Crippen LogP contribution in [0.1, 0.15) is 18.9 Å². The molecule has 1 amide bonds. The highest BCUT2D eigenvalue weighted by Crippen LogP contribution is 2.14. The van der Waals surface area contributed by atoms with Crippen LogP contribution in [0.3, 0.4) is 0 Å². The first-order valence-corrected chi connectivity index (χ1v) is 6.80. The number of hydrogen-bond donors (Lipinski definition) is 2. The summed E-state index contributed by atoms with van der Waals surface area (Å²) >= 11 is 5.91. The molecule has 0 spiro atoms. The van der Waals surface area contributed by atoms with Crippen molar-refractivity contribution in [2.75, 3.05) is 13.1 Å². The number of amides is 1. The molecule has 0 saturated carbocycles. The summed E-state index contributed by atoms with van der Waals surface area (Å²) in [7, 11) is 0. The molecular weight excluding hydrogens is 248 g/mol. The average molecular weight is 267 g/mol. The van der Waals surface area contributed by atoms with Crippen LogP contribution in [0.25, 0.3) is 0 Å². The second-order valence-electron chi connectivity index (χ2n) is 4.87. The average Bonchev–Trinajstić information content (AvgIpc) is 2.75. The lowest BCUT2D eigenvalue weighted by Gasteiger charge is -2.15. The molecule has 2 unspecified atom stereocenters. The summed E-state index contributed by atoms with van der Waals surface area (Å²) in [6.45, 7) is 3.71. The Morgan fingerprint density at radius 1 is 1.56 bits per heavy atom. The highest BCUT2D eigenvalue weighted by atomic mass is 35.5. The van der Waals surface area contributed by atoms with Gasteiger partial charge in [0, 0.05) is 11.6 Å². The Hall–Kier alpha value is -1.06. The summed E-state index contributed by atoms with van der Waals surface area (Å²) in [4.78, 5) is 11.9. The van der Waals surface area contributed by atoms with Gasteiger partial charge in [-0.3, -0.25) is 4.79 Å². The topological polar surface area (TPSA) is 41.1 Å². The van der Waals surface area contributed by atoms with Gasteiger partial charge in [-0.2, -0.15) is 0 Å². The Labute approximate surface area is 113 Å². The number of carbonyl (C=O) groups excluding carboxylic acids is 1. The third kappa shape index (κ3) is 3.47. The van der Waals surface area contributed by atoms with E-state index in [9.17, 15) is 4.79 Å². The van der Waals surface area contributed by atoms with Crippen molar-refractivity contribution in [2.45, 2.75) is 25.8 Å². The van der Waals surface area contributed by atoms with Crippen LogP contribution in [0.2, 0.25) is 5.02 Å². The third-order valence-corrected chi connectivity index (χ3v) is 3.65. The molecule has 1 aliphatic rings. The molecule has 2 rings (SSSR count). The molecule has 1 aliphatic heterocycles. The minimum atomic E-state index is -0.0237. The van der Waals surface area contributed by atoms with E-state index in [-0.39, 0.29) is 11.9 Å². The predicted molar refractivity (Wildman–Crippen MR) is 73.7 cm³/mol. The predicted octanol–water partition coefficient (Wildman–Crippen LogP) is 2.00. The summed E-state index contributed by atoms with van der Waals surface area (Å²) < 4.78 is 0. The summed E-state index contributed by atoms with van der Waals surface area (Å²) in [5.74, 6) is 0.540. The van der Waals surface area contributed by atoms with E-state index in [4.69, 9.17) is 11.6 Å². The lowest BCUT2D eigenvalue weighted by Crippen LogP contribution is -2.43. The summed E-state index contributed by atoms with van der Waals surface area (Å²) in [5.41, 5.74) is 1.15. The van der Waals surface area contributed by atoms with Crippen molar-refractivity contribution in [3.63, 3.8) is 0 Å². The molecule has 1 heterocycles. The first-order valence-electron chi connectivity index (χ1n) is 6.42. The molecule has 98 valence electrons. The zero-order valence-corrected chi connectivity index (χ0v) is 11.3. The van der Waals surface area contributed by atoms with E-state index < -0.39 is 0 Å². The molecule has 0 aromatic heterocycles. The molecule has 1 aromatic carbocycles. The normalized spacial score (nSPS) is 23.0. The molecule has 0 bridgehead atoms. The first-order chi connectivity index (χ1) is 8.66. The molecule has 1 saturated heterocycles. The highest BCUT2D eigenvalue weighted by Gasteiger charge is 2.28. The lowest BCUT2D eigenvalue weighted by molar-refractivity contribution is -0.123. The van der Waals surface area contributed by atoms with E-state index >= 15 is 0 Å². The van der Waals surface area contributed by atoms with E-state index in [2.05, 4.69) is 17.6 Å². The minimum Gasteiger partial charge on any atom is -0.354 e. The Bertz CT molecular complexity index is 422. The lowest BCUT2D eigenvalue weighted by atomic mass is 10.0. The van der Waals surface area contributed by atoms with E-state index in [1.165, 1.54) is 0 Å². The van der Waals surface area contributed by atoms with Gasteiger partial charge in [-0.15, -0.1) is 0 Å². The van der Waals surface area contributed by atoms with E-state index in [1.807, 2.05) is 24.3 Å². The third-order valence-electron chi connectivity index (χ3n) is 3.42. The maximum absolute atomic E-state index is 11.9. The standard InChI is InChI=1S/C14H19ClN2O/c1-10-5-7-16-13(10)14(18)17-8-6-11-3-2-4-12(15)9-11/h2-4,9-10,13,16H,5-8H2,1H3,(H,17,18). The molecular formula is C14H19ClN2O. The number of nitrogens with one attached hydrogen (secondary N) is 2. The van der Waals surface area contributed by atoms with Crippen LogP contribution in [0.15, 0.2) is 24.3 Å². The summed E-state index contributed by atoms with van der Waals surface area (Å²) in [6, 6.07) is 7.72. The molecule has 0 aliphatic carbocycles. The second kappa shape index (κ2) is 6.21. The van der Waals surface area contributed by atoms with Crippen molar-refractivity contribution in [2.24, 2.45) is 5.92 Å². The number of benzene rings is 1. The van der Waals surface area contributed by atoms with E-state index in [0.29, 0.717) is 12.5 Å². The van der Waals surface area contributed by atoms with Crippen LogP contribution >= 0.6 is 11.6 Å². The van der Waals surface area contributed by atoms with Gasteiger partial charge in [0.15, 0.2) is 0 Å². The fraction of sp³-hybridized carbons (Fsp3) is 0.500. The highest BCUT2D eigenvalue weighted by molar-refractivity contribution is 6.30. The van der Waals surface area contributed by atoms with Crippen LogP contribution in [0, 0.1) is 5.92 Å². The fourth-order valence-electron chi connectivity index (χ4n) is 2.32. The summed E-state index contributed by atoms with van der Waals surface area (Å²) in [6.07, 6.45) is 1.89. The molecule has 0 radical (unpaired) electrons. The Morgan fingerprint density at radius 3 is 3.06 bits per heavy atom. The number of halogens is 1. The van der Waals surface area contributed by atoms with Crippen molar-refractivity contribution in [1.82, 2.24) is 10.6 Å². The zero-order chi connectivity index (χ0) is 13.0. The second-order valence-corrected chi connectivity index (χ2v) is 5.31. The molecule has 2 atom stereocenters. The van der Waals surface area contributed by atoms with Crippen molar-refractivity contribution in [3.05, 3.63) is 34.9 Å². The number of carbonyl (C=O) groups is 1. The summed E-state index contributed by atoms with van der Waals surface area (Å²) in [5, 5.41) is 6.95. The Morgan fingerprint density at radius 2 is 2.39 bits per heavy atom.